The minimum atomic E-state index is -0.435. The zero-order chi connectivity index (χ0) is 39.8. The van der Waals surface area contributed by atoms with Gasteiger partial charge in [-0.1, -0.05) is 20.8 Å². The summed E-state index contributed by atoms with van der Waals surface area (Å²) in [6.07, 6.45) is 7.47. The van der Waals surface area contributed by atoms with Crippen molar-refractivity contribution in [3.8, 4) is 0 Å². The number of ether oxygens (including phenoxy) is 8. The van der Waals surface area contributed by atoms with Gasteiger partial charge in [0.2, 0.25) is 0 Å². The van der Waals surface area contributed by atoms with Crippen LogP contribution in [0.15, 0.2) is 0 Å². The molecule has 8 bridgehead atoms. The molecule has 5 aliphatic rings. The number of carbonyl (C=O) groups excluding carboxylic acids is 4. The predicted molar refractivity (Wildman–Crippen MR) is 203 cm³/mol. The van der Waals surface area contributed by atoms with E-state index in [1.165, 1.54) is 0 Å². The molecule has 0 aromatic carbocycles. The summed E-state index contributed by atoms with van der Waals surface area (Å²) >= 11 is 0. The molecule has 55 heavy (non-hydrogen) atoms. The summed E-state index contributed by atoms with van der Waals surface area (Å²) in [7, 11) is 0. The van der Waals surface area contributed by atoms with Gasteiger partial charge in [0.15, 0.2) is 0 Å². The van der Waals surface area contributed by atoms with E-state index in [0.29, 0.717) is 44.9 Å². The van der Waals surface area contributed by atoms with Crippen LogP contribution < -0.4 is 0 Å². The molecule has 5 aliphatic heterocycles. The van der Waals surface area contributed by atoms with E-state index in [9.17, 15) is 19.2 Å². The fourth-order valence-corrected chi connectivity index (χ4v) is 9.02. The van der Waals surface area contributed by atoms with Gasteiger partial charge in [-0.25, -0.2) is 0 Å². The van der Waals surface area contributed by atoms with Gasteiger partial charge < -0.3 is 37.9 Å². The Kier molecular flexibility index (Phi) is 16.3. The SMILES string of the molecule is CC[C@H]1C[C@@H]2CC[C@@H](O2)[C@@H](C)C(=O)O[C@H](C)C[C@H]2CC[C@H](O2)[C@H](C)C(=O)O[C@@H](CC)C[C@@H]2CC[C@@H](O2)[C@@H](C)C(=O)O[C@H](CC)C[C@H]2CC[C@H](O2)[C@H](C)C(=O)O1. The lowest BCUT2D eigenvalue weighted by molar-refractivity contribution is -0.162. The third kappa shape index (κ3) is 11.9. The molecule has 0 spiro atoms. The van der Waals surface area contributed by atoms with Crippen LogP contribution in [0.25, 0.3) is 0 Å². The van der Waals surface area contributed by atoms with E-state index in [1.807, 2.05) is 55.4 Å². The summed E-state index contributed by atoms with van der Waals surface area (Å²) in [5.41, 5.74) is 0. The first kappa shape index (κ1) is 43.8. The van der Waals surface area contributed by atoms with Crippen molar-refractivity contribution in [2.75, 3.05) is 0 Å². The first-order valence-electron chi connectivity index (χ1n) is 21.7. The van der Waals surface area contributed by atoms with Gasteiger partial charge in [0.05, 0.1) is 72.5 Å². The number of hydrogen-bond acceptors (Lipinski definition) is 12. The molecule has 5 rings (SSSR count). The van der Waals surface area contributed by atoms with Crippen molar-refractivity contribution in [2.45, 2.75) is 225 Å². The highest BCUT2D eigenvalue weighted by Crippen LogP contribution is 2.35. The standard InChI is InChI=1S/C43H70O12/c1-9-29-21-33-13-17-36(50-33)25(5)40(44)48-24(4)20-32-12-16-37(49-32)26(6)41(45)53-30(10-2)22-34-14-18-39(51-34)28(8)43(47)55-31(11-3)23-35-15-19-38(52-35)27(7)42(46)54-29/h24-39H,9-23H2,1-8H3/t24-,25-,26+,27+,28-,29+,30+,31-,32-,33+,34+,35-,36-,37+,38+,39-/m1/s1. The Hall–Kier alpha value is -2.28. The van der Waals surface area contributed by atoms with E-state index in [0.717, 1.165) is 51.4 Å². The van der Waals surface area contributed by atoms with Gasteiger partial charge in [0.25, 0.3) is 0 Å². The Morgan fingerprint density at radius 3 is 0.909 bits per heavy atom. The van der Waals surface area contributed by atoms with Crippen molar-refractivity contribution >= 4 is 23.9 Å². The molecule has 0 aromatic rings. The van der Waals surface area contributed by atoms with Crippen LogP contribution in [0.3, 0.4) is 0 Å². The molecule has 0 aromatic heterocycles. The van der Waals surface area contributed by atoms with Gasteiger partial charge in [-0.05, 0) is 105 Å². The van der Waals surface area contributed by atoms with E-state index in [1.54, 1.807) is 0 Å². The molecule has 12 nitrogen and oxygen atoms in total. The van der Waals surface area contributed by atoms with Crippen molar-refractivity contribution < 1.29 is 57.1 Å². The van der Waals surface area contributed by atoms with Crippen molar-refractivity contribution in [3.05, 3.63) is 0 Å². The molecule has 5 fully saturated rings. The molecular weight excluding hydrogens is 708 g/mol. The third-order valence-corrected chi connectivity index (χ3v) is 13.0. The number of fused-ring (bicyclic) bond motifs is 8. The molecule has 0 aliphatic carbocycles. The summed E-state index contributed by atoms with van der Waals surface area (Å²) in [6.45, 7) is 15.3. The van der Waals surface area contributed by atoms with Crippen LogP contribution in [-0.2, 0) is 57.1 Å². The number of cyclic esters (lactones) is 4. The second-order valence-electron chi connectivity index (χ2n) is 17.2. The molecule has 0 unspecified atom stereocenters. The highest BCUT2D eigenvalue weighted by atomic mass is 16.6. The van der Waals surface area contributed by atoms with Gasteiger partial charge in [0, 0.05) is 25.7 Å². The molecule has 0 amide bonds. The smallest absolute Gasteiger partial charge is 0.311 e. The molecule has 5 heterocycles. The van der Waals surface area contributed by atoms with E-state index < -0.39 is 23.7 Å². The van der Waals surface area contributed by atoms with Crippen LogP contribution in [0.5, 0.6) is 0 Å². The topological polar surface area (TPSA) is 142 Å². The van der Waals surface area contributed by atoms with Gasteiger partial charge in [-0.2, -0.15) is 0 Å². The van der Waals surface area contributed by atoms with Gasteiger partial charge in [-0.15, -0.1) is 0 Å². The van der Waals surface area contributed by atoms with Gasteiger partial charge >= 0.3 is 23.9 Å². The monoisotopic (exact) mass is 778 g/mol. The van der Waals surface area contributed by atoms with E-state index in [-0.39, 0.29) is 97.1 Å². The molecular formula is C43H70O12. The zero-order valence-electron chi connectivity index (χ0n) is 34.7. The maximum Gasteiger partial charge on any atom is 0.311 e. The van der Waals surface area contributed by atoms with Crippen molar-refractivity contribution in [1.82, 2.24) is 0 Å². The maximum absolute atomic E-state index is 13.4. The van der Waals surface area contributed by atoms with Crippen LogP contribution >= 0.6 is 0 Å². The molecule has 0 radical (unpaired) electrons. The van der Waals surface area contributed by atoms with Gasteiger partial charge in [0.1, 0.15) is 24.4 Å². The van der Waals surface area contributed by atoms with Crippen molar-refractivity contribution in [1.29, 1.82) is 0 Å². The molecule has 16 atom stereocenters. The van der Waals surface area contributed by atoms with E-state index in [4.69, 9.17) is 37.9 Å². The quantitative estimate of drug-likeness (QED) is 0.211. The third-order valence-electron chi connectivity index (χ3n) is 13.0. The Morgan fingerprint density at radius 1 is 0.382 bits per heavy atom. The maximum atomic E-state index is 13.4. The molecule has 5 saturated heterocycles. The summed E-state index contributed by atoms with van der Waals surface area (Å²) in [6, 6.07) is 0. The number of hydrogen-bond donors (Lipinski definition) is 0. The number of esters is 4. The Morgan fingerprint density at radius 2 is 0.636 bits per heavy atom. The lowest BCUT2D eigenvalue weighted by Gasteiger charge is -2.27. The predicted octanol–water partition coefficient (Wildman–Crippen LogP) is 7.19. The van der Waals surface area contributed by atoms with Crippen LogP contribution in [-0.4, -0.2) is 97.1 Å². The minimum Gasteiger partial charge on any atom is -0.462 e. The largest absolute Gasteiger partial charge is 0.462 e. The average molecular weight is 779 g/mol. The Balaban J connectivity index is 1.23. The lowest BCUT2D eigenvalue weighted by Crippen LogP contribution is -2.34. The Bertz CT molecular complexity index is 1270. The molecule has 0 saturated carbocycles. The van der Waals surface area contributed by atoms with Crippen molar-refractivity contribution in [3.63, 3.8) is 0 Å². The number of carbonyl (C=O) groups is 4. The van der Waals surface area contributed by atoms with E-state index >= 15 is 0 Å². The van der Waals surface area contributed by atoms with Gasteiger partial charge in [-0.3, -0.25) is 19.2 Å². The van der Waals surface area contributed by atoms with Crippen LogP contribution in [0.4, 0.5) is 0 Å². The minimum absolute atomic E-state index is 0.116. The average Bonchev–Trinajstić information content (AvgIpc) is 4.01. The number of rotatable bonds is 3. The fraction of sp³-hybridized carbons (Fsp3) is 0.907. The first-order chi connectivity index (χ1) is 26.3. The summed E-state index contributed by atoms with van der Waals surface area (Å²) in [5, 5.41) is 0. The Labute approximate surface area is 329 Å². The summed E-state index contributed by atoms with van der Waals surface area (Å²) in [4.78, 5) is 53.2. The lowest BCUT2D eigenvalue weighted by atomic mass is 9.99. The van der Waals surface area contributed by atoms with Crippen LogP contribution in [0, 0.1) is 23.7 Å². The normalized spacial score (nSPS) is 43.4. The van der Waals surface area contributed by atoms with Crippen LogP contribution in [0.2, 0.25) is 0 Å². The summed E-state index contributed by atoms with van der Waals surface area (Å²) in [5.74, 6) is -2.86. The first-order valence-corrected chi connectivity index (χ1v) is 21.7. The molecule has 314 valence electrons. The van der Waals surface area contributed by atoms with Crippen LogP contribution in [0.1, 0.15) is 152 Å². The van der Waals surface area contributed by atoms with E-state index in [2.05, 4.69) is 0 Å². The van der Waals surface area contributed by atoms with Crippen molar-refractivity contribution in [2.24, 2.45) is 23.7 Å². The molecule has 0 N–H and O–H groups in total. The second kappa shape index (κ2) is 20.4. The summed E-state index contributed by atoms with van der Waals surface area (Å²) < 4.78 is 49.3. The zero-order valence-corrected chi connectivity index (χ0v) is 34.7. The molecule has 12 heteroatoms. The highest BCUT2D eigenvalue weighted by Gasteiger charge is 2.41. The fourth-order valence-electron chi connectivity index (χ4n) is 9.02. The second-order valence-corrected chi connectivity index (χ2v) is 17.2. The highest BCUT2D eigenvalue weighted by molar-refractivity contribution is 5.74.